The molecule has 0 saturated carbocycles. The maximum atomic E-state index is 11.7. The van der Waals surface area contributed by atoms with Gasteiger partial charge in [-0.05, 0) is 0 Å². The van der Waals surface area contributed by atoms with Crippen LogP contribution >= 0.6 is 11.6 Å². The van der Waals surface area contributed by atoms with E-state index < -0.39 is 6.29 Å². The van der Waals surface area contributed by atoms with Gasteiger partial charge in [0.1, 0.15) is 5.69 Å². The van der Waals surface area contributed by atoms with Crippen LogP contribution in [-0.4, -0.2) is 36.1 Å². The first-order chi connectivity index (χ1) is 6.61. The van der Waals surface area contributed by atoms with Gasteiger partial charge >= 0.3 is 0 Å². The number of hydrogen-bond acceptors (Lipinski definition) is 4. The van der Waals surface area contributed by atoms with Crippen LogP contribution < -0.4 is 0 Å². The van der Waals surface area contributed by atoms with Gasteiger partial charge in [-0.1, -0.05) is 11.6 Å². The van der Waals surface area contributed by atoms with E-state index in [9.17, 15) is 4.79 Å². The summed E-state index contributed by atoms with van der Waals surface area (Å²) in [6.07, 6.45) is 0.458. The summed E-state index contributed by atoms with van der Waals surface area (Å²) in [7, 11) is 4.40. The molecule has 0 saturated heterocycles. The van der Waals surface area contributed by atoms with Gasteiger partial charge in [-0.15, -0.1) is 0 Å². The fraction of sp³-hybridized carbons (Fsp3) is 0.500. The summed E-state index contributed by atoms with van der Waals surface area (Å²) in [5.74, 6) is -0.347. The highest BCUT2D eigenvalue weighted by molar-refractivity contribution is 6.33. The van der Waals surface area contributed by atoms with E-state index in [1.165, 1.54) is 25.1 Å². The largest absolute Gasteiger partial charge is 0.349 e. The molecule has 0 aliphatic carbocycles. The smallest absolute Gasteiger partial charge is 0.238 e. The number of carbonyl (C=O) groups excluding carboxylic acids is 1. The van der Waals surface area contributed by atoms with Gasteiger partial charge in [0.2, 0.25) is 12.1 Å². The molecule has 1 heterocycles. The van der Waals surface area contributed by atoms with Gasteiger partial charge in [0.15, 0.2) is 0 Å². The summed E-state index contributed by atoms with van der Waals surface area (Å²) >= 11 is 5.78. The van der Waals surface area contributed by atoms with Crippen LogP contribution in [0.1, 0.15) is 10.5 Å². The molecule has 0 aliphatic rings. The summed E-state index contributed by atoms with van der Waals surface area (Å²) < 4.78 is 11.0. The minimum atomic E-state index is -0.942. The molecule has 0 aliphatic heterocycles. The lowest BCUT2D eigenvalue weighted by Gasteiger charge is -2.11. The van der Waals surface area contributed by atoms with Gasteiger partial charge in [-0.2, -0.15) is 5.10 Å². The van der Waals surface area contributed by atoms with E-state index in [0.717, 1.165) is 0 Å². The number of Topliss-reactive ketones (excluding diaryl/α,β-unsaturated/α-hetero) is 1. The van der Waals surface area contributed by atoms with E-state index in [0.29, 0.717) is 0 Å². The van der Waals surface area contributed by atoms with Crippen molar-refractivity contribution in [3.05, 3.63) is 16.9 Å². The lowest BCUT2D eigenvalue weighted by molar-refractivity contribution is -0.0746. The molecule has 1 rings (SSSR count). The first-order valence-electron chi connectivity index (χ1n) is 3.89. The highest BCUT2D eigenvalue weighted by Crippen LogP contribution is 2.16. The molecule has 0 spiro atoms. The van der Waals surface area contributed by atoms with Gasteiger partial charge in [0.05, 0.1) is 11.2 Å². The van der Waals surface area contributed by atoms with Crippen LogP contribution in [0.3, 0.4) is 0 Å². The first-order valence-corrected chi connectivity index (χ1v) is 4.27. The average Bonchev–Trinajstić information content (AvgIpc) is 2.48. The summed E-state index contributed by atoms with van der Waals surface area (Å²) in [6.45, 7) is 0. The van der Waals surface area contributed by atoms with Crippen LogP contribution in [0.25, 0.3) is 0 Å². The number of aryl methyl sites for hydroxylation is 1. The fourth-order valence-electron chi connectivity index (χ4n) is 1.11. The lowest BCUT2D eigenvalue weighted by Crippen LogP contribution is -2.27. The van der Waals surface area contributed by atoms with Crippen molar-refractivity contribution in [2.45, 2.75) is 6.29 Å². The normalized spacial score (nSPS) is 10.9. The van der Waals surface area contributed by atoms with Gasteiger partial charge in [-0.3, -0.25) is 9.48 Å². The zero-order chi connectivity index (χ0) is 10.7. The van der Waals surface area contributed by atoms with Crippen LogP contribution in [0.2, 0.25) is 5.02 Å². The second-order valence-corrected chi connectivity index (χ2v) is 3.04. The number of hydrogen-bond donors (Lipinski definition) is 0. The highest BCUT2D eigenvalue weighted by atomic mass is 35.5. The molecule has 1 aromatic heterocycles. The zero-order valence-corrected chi connectivity index (χ0v) is 8.91. The van der Waals surface area contributed by atoms with Crippen LogP contribution in [0.5, 0.6) is 0 Å². The topological polar surface area (TPSA) is 53.4 Å². The Hall–Kier alpha value is -0.910. The molecule has 14 heavy (non-hydrogen) atoms. The molecular formula is C8H11ClN2O3. The molecule has 0 atom stereocenters. The van der Waals surface area contributed by atoms with E-state index in [1.54, 1.807) is 7.05 Å². The molecule has 0 radical (unpaired) electrons. The SMILES string of the molecule is COC(OC)C(=O)c1c(Cl)cnn1C. The number of aromatic nitrogens is 2. The average molecular weight is 219 g/mol. The molecule has 5 nitrogen and oxygen atoms in total. The Balaban J connectivity index is 2.99. The highest BCUT2D eigenvalue weighted by Gasteiger charge is 2.24. The van der Waals surface area contributed by atoms with Crippen molar-refractivity contribution in [3.63, 3.8) is 0 Å². The number of rotatable bonds is 4. The molecule has 0 amide bonds. The van der Waals surface area contributed by atoms with Crippen molar-refractivity contribution in [2.75, 3.05) is 14.2 Å². The van der Waals surface area contributed by atoms with Crippen molar-refractivity contribution >= 4 is 17.4 Å². The van der Waals surface area contributed by atoms with E-state index in [4.69, 9.17) is 21.1 Å². The van der Waals surface area contributed by atoms with Gasteiger partial charge in [-0.25, -0.2) is 0 Å². The third kappa shape index (κ3) is 1.95. The van der Waals surface area contributed by atoms with Crippen molar-refractivity contribution in [3.8, 4) is 0 Å². The van der Waals surface area contributed by atoms with E-state index in [2.05, 4.69) is 5.10 Å². The molecular weight excluding hydrogens is 208 g/mol. The monoisotopic (exact) mass is 218 g/mol. The standard InChI is InChI=1S/C8H11ClN2O3/c1-11-6(5(9)4-10-11)7(12)8(13-2)14-3/h4,8H,1-3H3. The zero-order valence-electron chi connectivity index (χ0n) is 8.15. The van der Waals surface area contributed by atoms with Gasteiger partial charge < -0.3 is 9.47 Å². The first kappa shape index (κ1) is 11.2. The second kappa shape index (κ2) is 4.54. The number of ketones is 1. The summed E-state index contributed by atoms with van der Waals surface area (Å²) in [6, 6.07) is 0. The van der Waals surface area contributed by atoms with Gasteiger partial charge in [0, 0.05) is 21.3 Å². The van der Waals surface area contributed by atoms with Crippen LogP contribution in [0.15, 0.2) is 6.20 Å². The predicted molar refractivity (Wildman–Crippen MR) is 50.4 cm³/mol. The molecule has 0 fully saturated rings. The van der Waals surface area contributed by atoms with Crippen LogP contribution in [0, 0.1) is 0 Å². The lowest BCUT2D eigenvalue weighted by atomic mass is 10.3. The Morgan fingerprint density at radius 2 is 2.14 bits per heavy atom. The van der Waals surface area contributed by atoms with Crippen LogP contribution in [0.4, 0.5) is 0 Å². The van der Waals surface area contributed by atoms with Gasteiger partial charge in [0.25, 0.3) is 0 Å². The van der Waals surface area contributed by atoms with Crippen molar-refractivity contribution < 1.29 is 14.3 Å². The molecule has 0 unspecified atom stereocenters. The van der Waals surface area contributed by atoms with Crippen molar-refractivity contribution in [2.24, 2.45) is 7.05 Å². The molecule has 6 heteroatoms. The van der Waals surface area contributed by atoms with E-state index in [-0.39, 0.29) is 16.5 Å². The molecule has 1 aromatic rings. The second-order valence-electron chi connectivity index (χ2n) is 2.63. The third-order valence-electron chi connectivity index (χ3n) is 1.77. The Morgan fingerprint density at radius 3 is 2.50 bits per heavy atom. The summed E-state index contributed by atoms with van der Waals surface area (Å²) in [5.41, 5.74) is 0.278. The number of halogens is 1. The van der Waals surface area contributed by atoms with Crippen LogP contribution in [-0.2, 0) is 16.5 Å². The number of carbonyl (C=O) groups is 1. The Kier molecular flexibility index (Phi) is 3.62. The fourth-order valence-corrected chi connectivity index (χ4v) is 1.37. The molecule has 78 valence electrons. The summed E-state index contributed by atoms with van der Waals surface area (Å²) in [5, 5.41) is 4.13. The molecule has 0 aromatic carbocycles. The van der Waals surface area contributed by atoms with Crippen molar-refractivity contribution in [1.29, 1.82) is 0 Å². The number of methoxy groups -OCH3 is 2. The molecule has 0 bridgehead atoms. The minimum Gasteiger partial charge on any atom is -0.349 e. The maximum Gasteiger partial charge on any atom is 0.238 e. The van der Waals surface area contributed by atoms with Crippen molar-refractivity contribution in [1.82, 2.24) is 9.78 Å². The third-order valence-corrected chi connectivity index (χ3v) is 2.05. The number of nitrogens with zero attached hydrogens (tertiary/aromatic N) is 2. The molecule has 0 N–H and O–H groups in total. The number of ether oxygens (including phenoxy) is 2. The Morgan fingerprint density at radius 1 is 1.57 bits per heavy atom. The van der Waals surface area contributed by atoms with E-state index in [1.807, 2.05) is 0 Å². The Bertz CT molecular complexity index is 314. The quantitative estimate of drug-likeness (QED) is 0.556. The summed E-state index contributed by atoms with van der Waals surface area (Å²) in [4.78, 5) is 11.7. The van der Waals surface area contributed by atoms with E-state index >= 15 is 0 Å². The predicted octanol–water partition coefficient (Wildman–Crippen LogP) is 0.875. The maximum absolute atomic E-state index is 11.7. The Labute approximate surface area is 86.6 Å². The minimum absolute atomic E-state index is 0.278.